The predicted molar refractivity (Wildman–Crippen MR) is 80.2 cm³/mol. The van der Waals surface area contributed by atoms with Gasteiger partial charge in [-0.25, -0.2) is 0 Å². The van der Waals surface area contributed by atoms with Crippen LogP contribution in [-0.2, 0) is 11.3 Å². The fourth-order valence-corrected chi connectivity index (χ4v) is 1.83. The number of carbonyl (C=O) groups excluding carboxylic acids is 1. The van der Waals surface area contributed by atoms with Crippen LogP contribution in [0.1, 0.15) is 12.6 Å². The molecule has 0 bridgehead atoms. The third-order valence-electron chi connectivity index (χ3n) is 2.92. The van der Waals surface area contributed by atoms with Crippen molar-refractivity contribution in [2.45, 2.75) is 13.5 Å². The van der Waals surface area contributed by atoms with Crippen LogP contribution in [0, 0.1) is 0 Å². The zero-order chi connectivity index (χ0) is 15.2. The topological polar surface area (TPSA) is 76.4 Å². The number of aromatic hydroxyl groups is 1. The van der Waals surface area contributed by atoms with Crippen LogP contribution < -0.4 is 10.1 Å². The number of aromatic nitrogens is 2. The second kappa shape index (κ2) is 6.60. The van der Waals surface area contributed by atoms with Crippen molar-refractivity contribution in [2.75, 3.05) is 12.4 Å². The highest BCUT2D eigenvalue weighted by Crippen LogP contribution is 2.27. The van der Waals surface area contributed by atoms with Crippen molar-refractivity contribution >= 4 is 17.7 Å². The molecule has 0 saturated carbocycles. The standard InChI is InChI=1S/C15H17N3O3/c1-3-18-11(8-9-16-18)4-7-15(20)17-13-10-12(21-2)5-6-14(13)19/h4-10,19H,3H2,1-2H3,(H,17,20). The molecule has 0 aliphatic carbocycles. The molecule has 0 spiro atoms. The number of phenolic OH excluding ortho intramolecular Hbond substituents is 1. The van der Waals surface area contributed by atoms with Gasteiger partial charge < -0.3 is 15.2 Å². The number of aryl methyl sites for hydroxylation is 1. The molecular weight excluding hydrogens is 270 g/mol. The van der Waals surface area contributed by atoms with Crippen molar-refractivity contribution in [3.8, 4) is 11.5 Å². The zero-order valence-electron chi connectivity index (χ0n) is 11.9. The lowest BCUT2D eigenvalue weighted by atomic mass is 10.2. The lowest BCUT2D eigenvalue weighted by molar-refractivity contribution is -0.111. The van der Waals surface area contributed by atoms with Gasteiger partial charge in [0.25, 0.3) is 0 Å². The first-order valence-corrected chi connectivity index (χ1v) is 6.52. The Hall–Kier alpha value is -2.76. The maximum Gasteiger partial charge on any atom is 0.248 e. The molecule has 2 rings (SSSR count). The summed E-state index contributed by atoms with van der Waals surface area (Å²) < 4.78 is 6.82. The van der Waals surface area contributed by atoms with Gasteiger partial charge in [0, 0.05) is 24.9 Å². The Kier molecular flexibility index (Phi) is 4.61. The highest BCUT2D eigenvalue weighted by atomic mass is 16.5. The fourth-order valence-electron chi connectivity index (χ4n) is 1.83. The maximum atomic E-state index is 11.9. The summed E-state index contributed by atoms with van der Waals surface area (Å²) in [5.74, 6) is 0.190. The van der Waals surface area contributed by atoms with Crippen LogP contribution in [0.5, 0.6) is 11.5 Å². The summed E-state index contributed by atoms with van der Waals surface area (Å²) >= 11 is 0. The highest BCUT2D eigenvalue weighted by molar-refractivity contribution is 6.02. The van der Waals surface area contributed by atoms with E-state index in [9.17, 15) is 9.90 Å². The molecule has 0 saturated heterocycles. The van der Waals surface area contributed by atoms with Crippen molar-refractivity contribution in [2.24, 2.45) is 0 Å². The molecule has 0 unspecified atom stereocenters. The smallest absolute Gasteiger partial charge is 0.248 e. The van der Waals surface area contributed by atoms with E-state index < -0.39 is 0 Å². The van der Waals surface area contributed by atoms with Crippen molar-refractivity contribution in [3.63, 3.8) is 0 Å². The Morgan fingerprint density at radius 3 is 3.00 bits per heavy atom. The van der Waals surface area contributed by atoms with Crippen LogP contribution in [0.3, 0.4) is 0 Å². The number of carbonyl (C=O) groups is 1. The Morgan fingerprint density at radius 1 is 1.48 bits per heavy atom. The molecule has 1 heterocycles. The van der Waals surface area contributed by atoms with Gasteiger partial charge in [-0.05, 0) is 31.2 Å². The van der Waals surface area contributed by atoms with E-state index in [1.54, 1.807) is 29.1 Å². The molecule has 21 heavy (non-hydrogen) atoms. The van der Waals surface area contributed by atoms with Gasteiger partial charge >= 0.3 is 0 Å². The molecule has 1 amide bonds. The monoisotopic (exact) mass is 287 g/mol. The number of nitrogens with zero attached hydrogens (tertiary/aromatic N) is 2. The third-order valence-corrected chi connectivity index (χ3v) is 2.92. The summed E-state index contributed by atoms with van der Waals surface area (Å²) in [4.78, 5) is 11.9. The first-order chi connectivity index (χ1) is 10.1. The molecule has 0 aliphatic heterocycles. The molecule has 0 fully saturated rings. The number of anilines is 1. The second-order valence-electron chi connectivity index (χ2n) is 4.28. The number of methoxy groups -OCH3 is 1. The highest BCUT2D eigenvalue weighted by Gasteiger charge is 2.06. The minimum Gasteiger partial charge on any atom is -0.506 e. The molecule has 2 N–H and O–H groups in total. The Labute approximate surface area is 122 Å². The molecule has 2 aromatic rings. The van der Waals surface area contributed by atoms with Crippen LogP contribution in [0.25, 0.3) is 6.08 Å². The average Bonchev–Trinajstić information content (AvgIpc) is 2.95. The number of hydrogen-bond donors (Lipinski definition) is 2. The molecule has 110 valence electrons. The van der Waals surface area contributed by atoms with Gasteiger partial charge in [-0.15, -0.1) is 0 Å². The minimum absolute atomic E-state index is 0.0175. The second-order valence-corrected chi connectivity index (χ2v) is 4.28. The van der Waals surface area contributed by atoms with Gasteiger partial charge in [0.2, 0.25) is 5.91 Å². The zero-order valence-corrected chi connectivity index (χ0v) is 11.9. The van der Waals surface area contributed by atoms with Crippen molar-refractivity contribution in [1.82, 2.24) is 9.78 Å². The van der Waals surface area contributed by atoms with E-state index in [-0.39, 0.29) is 11.7 Å². The largest absolute Gasteiger partial charge is 0.506 e. The van der Waals surface area contributed by atoms with E-state index in [1.807, 2.05) is 13.0 Å². The summed E-state index contributed by atoms with van der Waals surface area (Å²) in [5, 5.41) is 16.4. The van der Waals surface area contributed by atoms with Crippen LogP contribution >= 0.6 is 0 Å². The number of phenols is 1. The molecule has 1 aromatic heterocycles. The van der Waals surface area contributed by atoms with E-state index in [0.29, 0.717) is 11.4 Å². The predicted octanol–water partition coefficient (Wildman–Crippen LogP) is 2.27. The Bertz CT molecular complexity index is 662. The number of nitrogens with one attached hydrogen (secondary N) is 1. The van der Waals surface area contributed by atoms with Crippen molar-refractivity contribution in [1.29, 1.82) is 0 Å². The Morgan fingerprint density at radius 2 is 2.29 bits per heavy atom. The minimum atomic E-state index is -0.345. The average molecular weight is 287 g/mol. The molecule has 0 radical (unpaired) electrons. The van der Waals surface area contributed by atoms with E-state index in [1.165, 1.54) is 19.3 Å². The third kappa shape index (κ3) is 3.62. The molecule has 0 atom stereocenters. The molecular formula is C15H17N3O3. The first-order valence-electron chi connectivity index (χ1n) is 6.52. The van der Waals surface area contributed by atoms with E-state index >= 15 is 0 Å². The van der Waals surface area contributed by atoms with Crippen LogP contribution in [-0.4, -0.2) is 27.9 Å². The number of rotatable bonds is 5. The van der Waals surface area contributed by atoms with E-state index in [2.05, 4.69) is 10.4 Å². The van der Waals surface area contributed by atoms with Gasteiger partial charge in [-0.3, -0.25) is 9.48 Å². The summed E-state index contributed by atoms with van der Waals surface area (Å²) in [5.41, 5.74) is 1.13. The summed E-state index contributed by atoms with van der Waals surface area (Å²) in [6.07, 6.45) is 4.74. The molecule has 1 aromatic carbocycles. The Balaban J connectivity index is 2.08. The van der Waals surface area contributed by atoms with Crippen LogP contribution in [0.15, 0.2) is 36.5 Å². The number of benzene rings is 1. The van der Waals surface area contributed by atoms with Crippen molar-refractivity contribution < 1.29 is 14.6 Å². The van der Waals surface area contributed by atoms with E-state index in [0.717, 1.165) is 12.2 Å². The SMILES string of the molecule is CCn1nccc1C=CC(=O)Nc1cc(OC)ccc1O. The van der Waals surface area contributed by atoms with Gasteiger partial charge in [0.15, 0.2) is 0 Å². The fraction of sp³-hybridized carbons (Fsp3) is 0.200. The summed E-state index contributed by atoms with van der Waals surface area (Å²) in [7, 11) is 1.52. The quantitative estimate of drug-likeness (QED) is 0.653. The van der Waals surface area contributed by atoms with Crippen LogP contribution in [0.4, 0.5) is 5.69 Å². The van der Waals surface area contributed by atoms with Gasteiger partial charge in [-0.2, -0.15) is 5.10 Å². The number of ether oxygens (including phenoxy) is 1. The van der Waals surface area contributed by atoms with Gasteiger partial charge in [-0.1, -0.05) is 0 Å². The normalized spacial score (nSPS) is 10.8. The van der Waals surface area contributed by atoms with Gasteiger partial charge in [0.05, 0.1) is 18.5 Å². The van der Waals surface area contributed by atoms with Crippen LogP contribution in [0.2, 0.25) is 0 Å². The van der Waals surface area contributed by atoms with Gasteiger partial charge in [0.1, 0.15) is 11.5 Å². The molecule has 6 nitrogen and oxygen atoms in total. The number of amides is 1. The maximum absolute atomic E-state index is 11.9. The first kappa shape index (κ1) is 14.6. The lowest BCUT2D eigenvalue weighted by Crippen LogP contribution is -2.08. The lowest BCUT2D eigenvalue weighted by Gasteiger charge is -2.07. The molecule has 6 heteroatoms. The molecule has 0 aliphatic rings. The van der Waals surface area contributed by atoms with E-state index in [4.69, 9.17) is 4.74 Å². The number of hydrogen-bond acceptors (Lipinski definition) is 4. The summed E-state index contributed by atoms with van der Waals surface area (Å²) in [6, 6.07) is 6.44. The summed E-state index contributed by atoms with van der Waals surface area (Å²) in [6.45, 7) is 2.70. The van der Waals surface area contributed by atoms with Crippen molar-refractivity contribution in [3.05, 3.63) is 42.2 Å².